The van der Waals surface area contributed by atoms with Gasteiger partial charge >= 0.3 is 64.5 Å². The second-order valence-electron chi connectivity index (χ2n) is 8.50. The van der Waals surface area contributed by atoms with Crippen LogP contribution in [0.25, 0.3) is 0 Å². The monoisotopic (exact) mass is 439 g/mol. The van der Waals surface area contributed by atoms with Crippen LogP contribution in [0, 0.1) is 20.8 Å². The summed E-state index contributed by atoms with van der Waals surface area (Å²) < 4.78 is 46.2. The minimum atomic E-state index is -5.14. The summed E-state index contributed by atoms with van der Waals surface area (Å²) in [5.74, 6) is 0. The number of carbonyl (C=O) groups excluding carboxylic acids is 1. The average Bonchev–Trinajstić information content (AvgIpc) is 2.54. The van der Waals surface area contributed by atoms with Gasteiger partial charge in [-0.2, -0.15) is 0 Å². The number of piperazine rings is 1. The number of rotatable bonds is 3. The summed E-state index contributed by atoms with van der Waals surface area (Å²) in [7, 11) is 0. The average molecular weight is 439 g/mol. The van der Waals surface area contributed by atoms with Gasteiger partial charge in [-0.3, -0.25) is 4.90 Å². The standard InChI is InChI=1S/C19H30BF3N3O2.K/c1-12-15(13(2)17(24)14(3)16(12)20(21,22)23)11-25-7-9-26(10-8-25)18(27)28-19(4,5)6;/h7-11,24H2,1-6H3;/q-1;+1. The molecule has 2 N–H and O–H groups in total. The van der Waals surface area contributed by atoms with Crippen molar-refractivity contribution in [1.82, 2.24) is 9.80 Å². The van der Waals surface area contributed by atoms with Crippen LogP contribution < -0.4 is 62.6 Å². The molecule has 0 unspecified atom stereocenters. The summed E-state index contributed by atoms with van der Waals surface area (Å²) in [5, 5.41) is 0. The molecule has 0 aliphatic carbocycles. The topological polar surface area (TPSA) is 58.8 Å². The Balaban J connectivity index is 0.00000420. The van der Waals surface area contributed by atoms with E-state index in [0.717, 1.165) is 0 Å². The molecule has 0 bridgehead atoms. The van der Waals surface area contributed by atoms with Crippen molar-refractivity contribution in [2.24, 2.45) is 0 Å². The Labute approximate surface area is 214 Å². The van der Waals surface area contributed by atoms with Crippen molar-refractivity contribution < 1.29 is 73.9 Å². The first-order valence-corrected chi connectivity index (χ1v) is 9.50. The van der Waals surface area contributed by atoms with Crippen molar-refractivity contribution in [2.45, 2.75) is 53.7 Å². The van der Waals surface area contributed by atoms with Gasteiger partial charge in [-0.1, -0.05) is 11.1 Å². The van der Waals surface area contributed by atoms with Gasteiger partial charge < -0.3 is 28.3 Å². The van der Waals surface area contributed by atoms with Crippen molar-refractivity contribution >= 4 is 24.2 Å². The van der Waals surface area contributed by atoms with E-state index in [1.807, 2.05) is 20.8 Å². The summed E-state index contributed by atoms with van der Waals surface area (Å²) >= 11 is 0. The predicted molar refractivity (Wildman–Crippen MR) is 107 cm³/mol. The number of ether oxygens (including phenoxy) is 1. The molecule has 0 spiro atoms. The van der Waals surface area contributed by atoms with Gasteiger partial charge in [0.25, 0.3) is 0 Å². The largest absolute Gasteiger partial charge is 1.00 e. The third-order valence-electron chi connectivity index (χ3n) is 5.25. The van der Waals surface area contributed by atoms with Gasteiger partial charge in [0, 0.05) is 38.4 Å². The van der Waals surface area contributed by atoms with Gasteiger partial charge in [0.15, 0.2) is 0 Å². The van der Waals surface area contributed by atoms with Crippen LogP contribution in [-0.2, 0) is 11.3 Å². The van der Waals surface area contributed by atoms with E-state index in [9.17, 15) is 17.7 Å². The summed E-state index contributed by atoms with van der Waals surface area (Å²) in [6.07, 6.45) is -0.360. The third-order valence-corrected chi connectivity index (χ3v) is 5.25. The molecule has 1 aromatic carbocycles. The van der Waals surface area contributed by atoms with Crippen LogP contribution in [0.1, 0.15) is 43.0 Å². The molecule has 1 heterocycles. The Morgan fingerprint density at radius 3 is 2.00 bits per heavy atom. The van der Waals surface area contributed by atoms with E-state index >= 15 is 0 Å². The maximum Gasteiger partial charge on any atom is 1.00 e. The van der Waals surface area contributed by atoms with Gasteiger partial charge in [-0.15, -0.1) is 5.46 Å². The van der Waals surface area contributed by atoms with Crippen LogP contribution in [0.5, 0.6) is 0 Å². The molecule has 0 atom stereocenters. The second-order valence-corrected chi connectivity index (χ2v) is 8.50. The fourth-order valence-electron chi connectivity index (χ4n) is 3.68. The van der Waals surface area contributed by atoms with Crippen LogP contribution in [0.15, 0.2) is 0 Å². The van der Waals surface area contributed by atoms with Gasteiger partial charge in [0.2, 0.25) is 0 Å². The number of nitrogen functional groups attached to an aromatic ring is 1. The summed E-state index contributed by atoms with van der Waals surface area (Å²) in [6, 6.07) is 0. The number of hydrogen-bond acceptors (Lipinski definition) is 4. The Bertz CT molecular complexity index is 759. The summed E-state index contributed by atoms with van der Waals surface area (Å²) in [6.45, 7) is 7.50. The number of halogens is 3. The molecule has 1 saturated heterocycles. The van der Waals surface area contributed by atoms with Crippen molar-refractivity contribution in [1.29, 1.82) is 0 Å². The number of amides is 1. The molecule has 10 heteroatoms. The Hall–Kier alpha value is -0.259. The van der Waals surface area contributed by atoms with Crippen molar-refractivity contribution in [3.63, 3.8) is 0 Å². The number of nitrogens with two attached hydrogens (primary N) is 1. The molecule has 158 valence electrons. The van der Waals surface area contributed by atoms with Crippen LogP contribution in [0.3, 0.4) is 0 Å². The molecular formula is C19H30BF3KN3O2. The summed E-state index contributed by atoms with van der Waals surface area (Å²) in [4.78, 5) is 15.9. The Kier molecular flexibility index (Phi) is 9.15. The zero-order chi connectivity index (χ0) is 21.4. The second kappa shape index (κ2) is 9.91. The van der Waals surface area contributed by atoms with E-state index in [2.05, 4.69) is 4.90 Å². The molecule has 2 rings (SSSR count). The molecule has 0 saturated carbocycles. The van der Waals surface area contributed by atoms with E-state index in [0.29, 0.717) is 43.9 Å². The molecule has 1 aliphatic heterocycles. The molecule has 5 nitrogen and oxygen atoms in total. The van der Waals surface area contributed by atoms with Gasteiger partial charge in [-0.25, -0.2) is 4.79 Å². The smallest absolute Gasteiger partial charge is 0.445 e. The van der Waals surface area contributed by atoms with Crippen LogP contribution in [0.2, 0.25) is 0 Å². The van der Waals surface area contributed by atoms with Crippen LogP contribution in [-0.4, -0.2) is 54.7 Å². The zero-order valence-electron chi connectivity index (χ0n) is 18.5. The van der Waals surface area contributed by atoms with Crippen molar-refractivity contribution in [3.8, 4) is 0 Å². The molecule has 0 radical (unpaired) electrons. The maximum atomic E-state index is 13.6. The first kappa shape index (κ1) is 26.8. The Morgan fingerprint density at radius 1 is 1.03 bits per heavy atom. The van der Waals surface area contributed by atoms with Crippen LogP contribution >= 0.6 is 0 Å². The quantitative estimate of drug-likeness (QED) is 0.544. The summed E-state index contributed by atoms with van der Waals surface area (Å²) in [5.41, 5.74) is 6.77. The maximum absolute atomic E-state index is 13.6. The van der Waals surface area contributed by atoms with E-state index in [-0.39, 0.29) is 74.3 Å². The van der Waals surface area contributed by atoms with E-state index in [1.54, 1.807) is 11.8 Å². The molecule has 1 aliphatic rings. The van der Waals surface area contributed by atoms with Crippen molar-refractivity contribution in [3.05, 3.63) is 22.3 Å². The minimum Gasteiger partial charge on any atom is -0.445 e. The molecule has 29 heavy (non-hydrogen) atoms. The molecule has 1 fully saturated rings. The van der Waals surface area contributed by atoms with Crippen LogP contribution in [0.4, 0.5) is 23.4 Å². The first-order chi connectivity index (χ1) is 12.7. The van der Waals surface area contributed by atoms with Gasteiger partial charge in [0.05, 0.1) is 0 Å². The van der Waals surface area contributed by atoms with E-state index in [1.165, 1.54) is 13.8 Å². The number of hydrogen-bond donors (Lipinski definition) is 1. The van der Waals surface area contributed by atoms with E-state index < -0.39 is 18.0 Å². The number of anilines is 1. The Morgan fingerprint density at radius 2 is 1.55 bits per heavy atom. The number of benzene rings is 1. The molecule has 1 aromatic rings. The predicted octanol–water partition coefficient (Wildman–Crippen LogP) is 0.305. The number of carbonyl (C=O) groups is 1. The zero-order valence-corrected chi connectivity index (χ0v) is 21.7. The molecular weight excluding hydrogens is 409 g/mol. The fourth-order valence-corrected chi connectivity index (χ4v) is 3.68. The SMILES string of the molecule is Cc1c(N)c(C)c([B-](F)(F)F)c(C)c1CN1CCN(C(=O)OC(C)(C)C)CC1.[K+]. The van der Waals surface area contributed by atoms with Gasteiger partial charge in [-0.05, 0) is 52.7 Å². The fraction of sp³-hybridized carbons (Fsp3) is 0.632. The number of nitrogens with zero attached hydrogens (tertiary/aromatic N) is 2. The third kappa shape index (κ3) is 6.61. The van der Waals surface area contributed by atoms with Gasteiger partial charge in [0.1, 0.15) is 5.60 Å². The molecule has 1 amide bonds. The first-order valence-electron chi connectivity index (χ1n) is 9.50. The van der Waals surface area contributed by atoms with E-state index in [4.69, 9.17) is 10.5 Å². The minimum absolute atomic E-state index is 0. The molecule has 0 aromatic heterocycles. The normalized spacial score (nSPS) is 15.8. The van der Waals surface area contributed by atoms with Crippen molar-refractivity contribution in [2.75, 3.05) is 31.9 Å².